The third kappa shape index (κ3) is 2.86. The van der Waals surface area contributed by atoms with E-state index in [1.54, 1.807) is 4.90 Å². The van der Waals surface area contributed by atoms with Crippen LogP contribution >= 0.6 is 0 Å². The number of benzene rings is 1. The number of nitrogens with zero attached hydrogens (tertiary/aromatic N) is 1. The first-order valence-electron chi connectivity index (χ1n) is 7.50. The summed E-state index contributed by atoms with van der Waals surface area (Å²) in [5, 5.41) is 2.73. The van der Waals surface area contributed by atoms with E-state index >= 15 is 0 Å². The van der Waals surface area contributed by atoms with E-state index in [1.165, 1.54) is 11.1 Å². The molecule has 2 amide bonds. The first-order valence-corrected chi connectivity index (χ1v) is 7.50. The van der Waals surface area contributed by atoms with Gasteiger partial charge >= 0.3 is 0 Å². The fraction of sp³-hybridized carbons (Fsp3) is 0.500. The molecule has 2 aliphatic rings. The predicted molar refractivity (Wildman–Crippen MR) is 78.1 cm³/mol. The summed E-state index contributed by atoms with van der Waals surface area (Å²) in [6, 6.07) is 5.82. The van der Waals surface area contributed by atoms with Gasteiger partial charge in [-0.2, -0.15) is 0 Å². The molecule has 0 saturated carbocycles. The number of carbonyl (C=O) groups is 2. The lowest BCUT2D eigenvalue weighted by atomic mass is 10.1. The Balaban J connectivity index is 1.64. The van der Waals surface area contributed by atoms with E-state index in [0.717, 1.165) is 25.2 Å². The van der Waals surface area contributed by atoms with Crippen molar-refractivity contribution in [1.29, 1.82) is 0 Å². The highest BCUT2D eigenvalue weighted by molar-refractivity contribution is 5.94. The third-order valence-corrected chi connectivity index (χ3v) is 4.11. The van der Waals surface area contributed by atoms with E-state index in [-0.39, 0.29) is 24.4 Å². The van der Waals surface area contributed by atoms with E-state index < -0.39 is 0 Å². The van der Waals surface area contributed by atoms with Crippen molar-refractivity contribution in [2.75, 3.05) is 19.7 Å². The first-order chi connectivity index (χ1) is 10.2. The van der Waals surface area contributed by atoms with Crippen molar-refractivity contribution in [2.24, 2.45) is 0 Å². The number of piperazine rings is 1. The van der Waals surface area contributed by atoms with E-state index in [2.05, 4.69) is 11.4 Å². The van der Waals surface area contributed by atoms with Crippen molar-refractivity contribution in [1.82, 2.24) is 10.2 Å². The van der Waals surface area contributed by atoms with Crippen LogP contribution in [0.3, 0.4) is 0 Å². The molecule has 2 heterocycles. The Kier molecular flexibility index (Phi) is 3.82. The molecular formula is C16H20N2O3. The second kappa shape index (κ2) is 5.76. The molecule has 1 N–H and O–H groups in total. The number of nitrogens with one attached hydrogen (secondary N) is 1. The van der Waals surface area contributed by atoms with Gasteiger partial charge < -0.3 is 15.0 Å². The summed E-state index contributed by atoms with van der Waals surface area (Å²) >= 11 is 0. The van der Waals surface area contributed by atoms with Gasteiger partial charge in [-0.3, -0.25) is 9.59 Å². The molecule has 2 aliphatic heterocycles. The van der Waals surface area contributed by atoms with Gasteiger partial charge in [-0.1, -0.05) is 19.1 Å². The maximum absolute atomic E-state index is 12.2. The molecule has 1 saturated heterocycles. The molecule has 0 bridgehead atoms. The fourth-order valence-corrected chi connectivity index (χ4v) is 2.90. The van der Waals surface area contributed by atoms with Crippen LogP contribution in [0.4, 0.5) is 0 Å². The molecule has 1 atom stereocenters. The molecule has 1 fully saturated rings. The number of hydrogen-bond acceptors (Lipinski definition) is 3. The van der Waals surface area contributed by atoms with Gasteiger partial charge in [-0.05, 0) is 30.0 Å². The number of hydrogen-bond donors (Lipinski definition) is 1. The molecule has 0 aromatic heterocycles. The van der Waals surface area contributed by atoms with Crippen LogP contribution in [0, 0.1) is 0 Å². The van der Waals surface area contributed by atoms with Gasteiger partial charge in [-0.15, -0.1) is 0 Å². The van der Waals surface area contributed by atoms with Gasteiger partial charge in [-0.25, -0.2) is 0 Å². The minimum Gasteiger partial charge on any atom is -0.493 e. The van der Waals surface area contributed by atoms with Gasteiger partial charge in [0, 0.05) is 13.0 Å². The molecule has 112 valence electrons. The van der Waals surface area contributed by atoms with Crippen LogP contribution < -0.4 is 10.1 Å². The van der Waals surface area contributed by atoms with Crippen LogP contribution in [-0.2, 0) is 22.4 Å². The van der Waals surface area contributed by atoms with Crippen LogP contribution in [-0.4, -0.2) is 42.5 Å². The van der Waals surface area contributed by atoms with E-state index in [9.17, 15) is 9.59 Å². The van der Waals surface area contributed by atoms with Crippen molar-refractivity contribution in [3.8, 4) is 5.75 Å². The van der Waals surface area contributed by atoms with Crippen LogP contribution in [0.15, 0.2) is 18.2 Å². The highest BCUT2D eigenvalue weighted by atomic mass is 16.5. The number of fused-ring (bicyclic) bond motifs is 1. The molecule has 0 aliphatic carbocycles. The highest BCUT2D eigenvalue weighted by Gasteiger charge is 2.30. The Morgan fingerprint density at radius 2 is 2.24 bits per heavy atom. The van der Waals surface area contributed by atoms with E-state index in [1.807, 2.05) is 19.1 Å². The summed E-state index contributed by atoms with van der Waals surface area (Å²) in [6.45, 7) is 3.42. The summed E-state index contributed by atoms with van der Waals surface area (Å²) in [6.07, 6.45) is 2.35. The Bertz CT molecular complexity index is 571. The van der Waals surface area contributed by atoms with Gasteiger partial charge in [0.05, 0.1) is 13.2 Å². The number of amides is 2. The summed E-state index contributed by atoms with van der Waals surface area (Å²) in [4.78, 5) is 25.5. The van der Waals surface area contributed by atoms with Gasteiger partial charge in [0.15, 0.2) is 0 Å². The lowest BCUT2D eigenvalue weighted by Crippen LogP contribution is -2.58. The summed E-state index contributed by atoms with van der Waals surface area (Å²) in [5.74, 6) is 0.934. The standard InChI is InChI=1S/C16H20N2O3/c1-2-13-16(20)18(10-15(19)17-13)7-5-11-3-4-14-12(9-11)6-8-21-14/h3-4,9,13H,2,5-8,10H2,1H3,(H,17,19). The van der Waals surface area contributed by atoms with Crippen LogP contribution in [0.5, 0.6) is 5.75 Å². The average molecular weight is 288 g/mol. The predicted octanol–water partition coefficient (Wildman–Crippen LogP) is 0.901. The zero-order valence-electron chi connectivity index (χ0n) is 12.2. The Morgan fingerprint density at radius 1 is 1.38 bits per heavy atom. The van der Waals surface area contributed by atoms with E-state index in [0.29, 0.717) is 13.0 Å². The summed E-state index contributed by atoms with van der Waals surface area (Å²) in [7, 11) is 0. The Hall–Kier alpha value is -2.04. The maximum atomic E-state index is 12.2. The molecular weight excluding hydrogens is 268 g/mol. The maximum Gasteiger partial charge on any atom is 0.245 e. The Morgan fingerprint density at radius 3 is 3.05 bits per heavy atom. The second-order valence-corrected chi connectivity index (χ2v) is 5.58. The summed E-state index contributed by atoms with van der Waals surface area (Å²) in [5.41, 5.74) is 2.42. The zero-order valence-corrected chi connectivity index (χ0v) is 12.2. The van der Waals surface area contributed by atoms with Crippen molar-refractivity contribution in [3.05, 3.63) is 29.3 Å². The largest absolute Gasteiger partial charge is 0.493 e. The van der Waals surface area contributed by atoms with Crippen LogP contribution in [0.1, 0.15) is 24.5 Å². The smallest absolute Gasteiger partial charge is 0.245 e. The van der Waals surface area contributed by atoms with Gasteiger partial charge in [0.2, 0.25) is 11.8 Å². The molecule has 1 aromatic rings. The zero-order chi connectivity index (χ0) is 14.8. The minimum atomic E-state index is -0.361. The summed E-state index contributed by atoms with van der Waals surface area (Å²) < 4.78 is 5.49. The monoisotopic (exact) mass is 288 g/mol. The number of rotatable bonds is 4. The number of ether oxygens (including phenoxy) is 1. The first kappa shape index (κ1) is 13.9. The van der Waals surface area contributed by atoms with Gasteiger partial charge in [0.25, 0.3) is 0 Å². The molecule has 21 heavy (non-hydrogen) atoms. The Labute approximate surface area is 124 Å². The quantitative estimate of drug-likeness (QED) is 0.895. The van der Waals surface area contributed by atoms with Crippen molar-refractivity contribution >= 4 is 11.8 Å². The molecule has 1 unspecified atom stereocenters. The normalized spacial score (nSPS) is 21.0. The van der Waals surface area contributed by atoms with Crippen molar-refractivity contribution in [3.63, 3.8) is 0 Å². The lowest BCUT2D eigenvalue weighted by Gasteiger charge is -2.32. The SMILES string of the molecule is CCC1NC(=O)CN(CCc2ccc3c(c2)CCO3)C1=O. The van der Waals surface area contributed by atoms with E-state index in [4.69, 9.17) is 4.74 Å². The van der Waals surface area contributed by atoms with Crippen LogP contribution in [0.25, 0.3) is 0 Å². The molecule has 0 spiro atoms. The molecule has 1 aromatic carbocycles. The average Bonchev–Trinajstić information content (AvgIpc) is 2.95. The van der Waals surface area contributed by atoms with Crippen LogP contribution in [0.2, 0.25) is 0 Å². The van der Waals surface area contributed by atoms with Gasteiger partial charge in [0.1, 0.15) is 11.8 Å². The topological polar surface area (TPSA) is 58.6 Å². The third-order valence-electron chi connectivity index (χ3n) is 4.11. The lowest BCUT2D eigenvalue weighted by molar-refractivity contribution is -0.144. The molecule has 3 rings (SSSR count). The highest BCUT2D eigenvalue weighted by Crippen LogP contribution is 2.26. The fourth-order valence-electron chi connectivity index (χ4n) is 2.90. The number of carbonyl (C=O) groups excluding carboxylic acids is 2. The van der Waals surface area contributed by atoms with Crippen molar-refractivity contribution < 1.29 is 14.3 Å². The second-order valence-electron chi connectivity index (χ2n) is 5.58. The molecule has 0 radical (unpaired) electrons. The van der Waals surface area contributed by atoms with Crippen molar-refractivity contribution in [2.45, 2.75) is 32.2 Å². The molecule has 5 heteroatoms. The molecule has 5 nitrogen and oxygen atoms in total. The minimum absolute atomic E-state index is 0.0293.